The average Bonchev–Trinajstić information content (AvgIpc) is 2.41. The minimum Gasteiger partial charge on any atom is -0.372 e. The molecular formula is C14H23N5O. The molecule has 6 nitrogen and oxygen atoms in total. The van der Waals surface area contributed by atoms with E-state index in [2.05, 4.69) is 34.3 Å². The first-order valence-corrected chi connectivity index (χ1v) is 6.91. The number of nitrogens with zero attached hydrogens (tertiary/aromatic N) is 4. The monoisotopic (exact) mass is 277 g/mol. The molecule has 20 heavy (non-hydrogen) atoms. The van der Waals surface area contributed by atoms with Crippen LogP contribution in [0.15, 0.2) is 12.4 Å². The SMILES string of the molecule is CNc1cnc(C(=O)N(C)CC2(N(C)C)CCC2)cn1. The molecule has 1 amide bonds. The maximum absolute atomic E-state index is 12.4. The summed E-state index contributed by atoms with van der Waals surface area (Å²) in [4.78, 5) is 24.6. The number of hydrogen-bond acceptors (Lipinski definition) is 5. The van der Waals surface area contributed by atoms with E-state index in [4.69, 9.17) is 0 Å². The number of carbonyl (C=O) groups is 1. The number of anilines is 1. The Kier molecular flexibility index (Phi) is 4.23. The molecule has 1 aromatic heterocycles. The zero-order valence-corrected chi connectivity index (χ0v) is 12.7. The lowest BCUT2D eigenvalue weighted by atomic mass is 9.75. The van der Waals surface area contributed by atoms with Crippen LogP contribution in [0.4, 0.5) is 5.82 Å². The largest absolute Gasteiger partial charge is 0.372 e. The van der Waals surface area contributed by atoms with E-state index in [1.165, 1.54) is 12.6 Å². The van der Waals surface area contributed by atoms with Crippen molar-refractivity contribution in [1.82, 2.24) is 19.8 Å². The number of rotatable bonds is 5. The summed E-state index contributed by atoms with van der Waals surface area (Å²) in [6.07, 6.45) is 6.61. The minimum absolute atomic E-state index is 0.0757. The standard InChI is InChI=1S/C14H23N5O/c1-15-12-9-16-11(8-17-12)13(20)19(4)10-14(18(2)3)6-5-7-14/h8-9H,5-7,10H2,1-4H3,(H,15,17). The molecule has 1 fully saturated rings. The van der Waals surface area contributed by atoms with Crippen molar-refractivity contribution in [2.45, 2.75) is 24.8 Å². The Labute approximate surface area is 120 Å². The molecule has 1 aliphatic rings. The summed E-state index contributed by atoms with van der Waals surface area (Å²) in [6, 6.07) is 0. The molecule has 1 heterocycles. The zero-order chi connectivity index (χ0) is 14.8. The van der Waals surface area contributed by atoms with Crippen LogP contribution in [0.1, 0.15) is 29.8 Å². The van der Waals surface area contributed by atoms with E-state index in [1.54, 1.807) is 18.1 Å². The Hall–Kier alpha value is -1.69. The molecule has 0 radical (unpaired) electrons. The minimum atomic E-state index is -0.0757. The van der Waals surface area contributed by atoms with Crippen LogP contribution >= 0.6 is 0 Å². The Bertz CT molecular complexity index is 467. The van der Waals surface area contributed by atoms with Gasteiger partial charge in [0.1, 0.15) is 11.5 Å². The summed E-state index contributed by atoms with van der Waals surface area (Å²) in [5.41, 5.74) is 0.516. The fraction of sp³-hybridized carbons (Fsp3) is 0.643. The molecule has 0 aromatic carbocycles. The quantitative estimate of drug-likeness (QED) is 0.872. The highest BCUT2D eigenvalue weighted by Gasteiger charge is 2.40. The highest BCUT2D eigenvalue weighted by atomic mass is 16.2. The predicted octanol–water partition coefficient (Wildman–Crippen LogP) is 1.07. The molecule has 0 spiro atoms. The van der Waals surface area contributed by atoms with Crippen LogP contribution in [-0.4, -0.2) is 65.9 Å². The number of likely N-dealkylation sites (N-methyl/N-ethyl adjacent to an activating group) is 2. The van der Waals surface area contributed by atoms with Gasteiger partial charge in [0.2, 0.25) is 0 Å². The molecule has 6 heteroatoms. The molecule has 1 saturated carbocycles. The molecule has 1 N–H and O–H groups in total. The summed E-state index contributed by atoms with van der Waals surface area (Å²) in [5, 5.41) is 2.89. The van der Waals surface area contributed by atoms with E-state index in [1.807, 2.05) is 7.05 Å². The smallest absolute Gasteiger partial charge is 0.273 e. The van der Waals surface area contributed by atoms with Crippen LogP contribution in [0.2, 0.25) is 0 Å². The van der Waals surface area contributed by atoms with Crippen LogP contribution in [0.3, 0.4) is 0 Å². The van der Waals surface area contributed by atoms with Crippen molar-refractivity contribution in [3.05, 3.63) is 18.1 Å². The van der Waals surface area contributed by atoms with Gasteiger partial charge in [0.15, 0.2) is 0 Å². The Morgan fingerprint density at radius 1 is 1.30 bits per heavy atom. The van der Waals surface area contributed by atoms with Crippen molar-refractivity contribution in [2.24, 2.45) is 0 Å². The lowest BCUT2D eigenvalue weighted by molar-refractivity contribution is 0.0250. The first kappa shape index (κ1) is 14.7. The van der Waals surface area contributed by atoms with Gasteiger partial charge in [-0.05, 0) is 33.4 Å². The molecule has 0 aliphatic heterocycles. The van der Waals surface area contributed by atoms with Gasteiger partial charge in [-0.2, -0.15) is 0 Å². The Morgan fingerprint density at radius 2 is 2.00 bits per heavy atom. The lowest BCUT2D eigenvalue weighted by Crippen LogP contribution is -2.57. The third-order valence-electron chi connectivity index (χ3n) is 4.24. The van der Waals surface area contributed by atoms with Crippen LogP contribution in [-0.2, 0) is 0 Å². The fourth-order valence-corrected chi connectivity index (χ4v) is 2.61. The van der Waals surface area contributed by atoms with Crippen LogP contribution in [0.25, 0.3) is 0 Å². The van der Waals surface area contributed by atoms with Gasteiger partial charge in [0.05, 0.1) is 12.4 Å². The molecule has 2 rings (SSSR count). The molecule has 0 atom stereocenters. The van der Waals surface area contributed by atoms with E-state index in [-0.39, 0.29) is 11.4 Å². The van der Waals surface area contributed by atoms with E-state index in [0.717, 1.165) is 19.4 Å². The van der Waals surface area contributed by atoms with E-state index in [0.29, 0.717) is 11.5 Å². The van der Waals surface area contributed by atoms with Gasteiger partial charge in [0, 0.05) is 26.2 Å². The number of aromatic nitrogens is 2. The van der Waals surface area contributed by atoms with Crippen molar-refractivity contribution in [3.63, 3.8) is 0 Å². The van der Waals surface area contributed by atoms with Gasteiger partial charge in [-0.3, -0.25) is 4.79 Å². The summed E-state index contributed by atoms with van der Waals surface area (Å²) in [6.45, 7) is 0.730. The maximum atomic E-state index is 12.4. The topological polar surface area (TPSA) is 61.4 Å². The van der Waals surface area contributed by atoms with Crippen molar-refractivity contribution >= 4 is 11.7 Å². The number of amides is 1. The van der Waals surface area contributed by atoms with E-state index in [9.17, 15) is 4.79 Å². The summed E-state index contributed by atoms with van der Waals surface area (Å²) >= 11 is 0. The summed E-state index contributed by atoms with van der Waals surface area (Å²) in [7, 11) is 7.77. The first-order valence-electron chi connectivity index (χ1n) is 6.91. The van der Waals surface area contributed by atoms with Crippen molar-refractivity contribution in [2.75, 3.05) is 40.1 Å². The molecule has 110 valence electrons. The highest BCUT2D eigenvalue weighted by molar-refractivity contribution is 5.92. The van der Waals surface area contributed by atoms with Gasteiger partial charge in [-0.15, -0.1) is 0 Å². The van der Waals surface area contributed by atoms with Crippen LogP contribution < -0.4 is 5.32 Å². The Morgan fingerprint density at radius 3 is 2.40 bits per heavy atom. The molecule has 0 unspecified atom stereocenters. The predicted molar refractivity (Wildman–Crippen MR) is 78.8 cm³/mol. The second kappa shape index (κ2) is 5.75. The fourth-order valence-electron chi connectivity index (χ4n) is 2.61. The molecule has 1 aromatic rings. The van der Waals surface area contributed by atoms with Crippen LogP contribution in [0.5, 0.6) is 0 Å². The normalized spacial score (nSPS) is 16.6. The molecular weight excluding hydrogens is 254 g/mol. The molecule has 1 aliphatic carbocycles. The number of hydrogen-bond donors (Lipinski definition) is 1. The van der Waals surface area contributed by atoms with Gasteiger partial charge in [-0.25, -0.2) is 9.97 Å². The van der Waals surface area contributed by atoms with Gasteiger partial charge in [-0.1, -0.05) is 0 Å². The zero-order valence-electron chi connectivity index (χ0n) is 12.7. The van der Waals surface area contributed by atoms with E-state index < -0.39 is 0 Å². The number of carbonyl (C=O) groups excluding carboxylic acids is 1. The Balaban J connectivity index is 2.04. The third kappa shape index (κ3) is 2.75. The van der Waals surface area contributed by atoms with E-state index >= 15 is 0 Å². The summed E-state index contributed by atoms with van der Waals surface area (Å²) < 4.78 is 0. The first-order chi connectivity index (χ1) is 9.48. The maximum Gasteiger partial charge on any atom is 0.273 e. The summed E-state index contributed by atoms with van der Waals surface area (Å²) in [5.74, 6) is 0.584. The number of nitrogens with one attached hydrogen (secondary N) is 1. The second-order valence-electron chi connectivity index (χ2n) is 5.67. The third-order valence-corrected chi connectivity index (χ3v) is 4.24. The highest BCUT2D eigenvalue weighted by Crippen LogP contribution is 2.36. The van der Waals surface area contributed by atoms with Crippen molar-refractivity contribution in [1.29, 1.82) is 0 Å². The average molecular weight is 277 g/mol. The molecule has 0 bridgehead atoms. The van der Waals surface area contributed by atoms with Gasteiger partial charge in [0.25, 0.3) is 5.91 Å². The lowest BCUT2D eigenvalue weighted by Gasteiger charge is -2.49. The van der Waals surface area contributed by atoms with Crippen molar-refractivity contribution < 1.29 is 4.79 Å². The van der Waals surface area contributed by atoms with Gasteiger partial charge < -0.3 is 15.1 Å². The van der Waals surface area contributed by atoms with Crippen LogP contribution in [0, 0.1) is 0 Å². The van der Waals surface area contributed by atoms with Crippen molar-refractivity contribution in [3.8, 4) is 0 Å². The van der Waals surface area contributed by atoms with Gasteiger partial charge >= 0.3 is 0 Å². The second-order valence-corrected chi connectivity index (χ2v) is 5.67. The molecule has 0 saturated heterocycles.